The van der Waals surface area contributed by atoms with Crippen molar-refractivity contribution in [3.8, 4) is 5.75 Å². The highest BCUT2D eigenvalue weighted by Gasteiger charge is 2.11. The number of rotatable bonds is 3. The maximum atomic E-state index is 11.9. The van der Waals surface area contributed by atoms with E-state index in [9.17, 15) is 4.79 Å². The summed E-state index contributed by atoms with van der Waals surface area (Å²) < 4.78 is 5.25. The van der Waals surface area contributed by atoms with Gasteiger partial charge in [0.15, 0.2) is 0 Å². The molecule has 82 valence electrons. The molecule has 0 fully saturated rings. The maximum absolute atomic E-state index is 11.9. The van der Waals surface area contributed by atoms with Crippen LogP contribution in [0.4, 0.5) is 0 Å². The van der Waals surface area contributed by atoms with Crippen LogP contribution in [0.2, 0.25) is 0 Å². The van der Waals surface area contributed by atoms with Gasteiger partial charge in [0.25, 0.3) is 0 Å². The van der Waals surface area contributed by atoms with Gasteiger partial charge in [0, 0.05) is 0 Å². The predicted octanol–water partition coefficient (Wildman–Crippen LogP) is 2.57. The van der Waals surface area contributed by atoms with Crippen molar-refractivity contribution in [1.29, 1.82) is 0 Å². The number of hydrogen-bond acceptors (Lipinski definition) is 2. The molecule has 0 heterocycles. The summed E-state index contributed by atoms with van der Waals surface area (Å²) >= 11 is 0. The lowest BCUT2D eigenvalue weighted by Crippen LogP contribution is -2.11. The minimum absolute atomic E-state index is 0.320. The Hall–Kier alpha value is -2.03. The Kier molecular flexibility index (Phi) is 3.60. The predicted molar refractivity (Wildman–Crippen MR) is 67.3 cm³/mol. The third-order valence-corrected chi connectivity index (χ3v) is 2.41. The van der Waals surface area contributed by atoms with Gasteiger partial charge in [0.05, 0.1) is 13.4 Å². The Morgan fingerprint density at radius 2 is 1.65 bits per heavy atom. The molecule has 17 heavy (non-hydrogen) atoms. The molecule has 0 aromatic heterocycles. The van der Waals surface area contributed by atoms with Gasteiger partial charge in [-0.25, -0.2) is 4.79 Å². The molecule has 2 rings (SSSR count). The fourth-order valence-corrected chi connectivity index (χ4v) is 1.55. The van der Waals surface area contributed by atoms with Crippen LogP contribution in [0.25, 0.3) is 0 Å². The summed E-state index contributed by atoms with van der Waals surface area (Å²) in [6.07, 6.45) is 0.320. The van der Waals surface area contributed by atoms with Crippen LogP contribution in [0, 0.1) is 0 Å². The standard InChI is InChI=1S/C14H11BO2/c15-10-11-6-4-5-9-13(11)14(16)17-12-7-2-1-3-8-12/h1-9H,10H2. The summed E-state index contributed by atoms with van der Waals surface area (Å²) in [4.78, 5) is 11.9. The quantitative estimate of drug-likeness (QED) is 0.453. The van der Waals surface area contributed by atoms with E-state index >= 15 is 0 Å². The van der Waals surface area contributed by atoms with Gasteiger partial charge in [0.2, 0.25) is 0 Å². The van der Waals surface area contributed by atoms with Gasteiger partial charge in [-0.3, -0.25) is 0 Å². The molecule has 2 radical (unpaired) electrons. The highest BCUT2D eigenvalue weighted by Crippen LogP contribution is 2.14. The van der Waals surface area contributed by atoms with E-state index in [1.165, 1.54) is 0 Å². The van der Waals surface area contributed by atoms with Gasteiger partial charge in [-0.1, -0.05) is 42.7 Å². The highest BCUT2D eigenvalue weighted by atomic mass is 16.5. The van der Waals surface area contributed by atoms with Gasteiger partial charge < -0.3 is 4.74 Å². The maximum Gasteiger partial charge on any atom is 0.343 e. The van der Waals surface area contributed by atoms with E-state index in [2.05, 4.69) is 0 Å². The van der Waals surface area contributed by atoms with Crippen LogP contribution in [0.5, 0.6) is 5.75 Å². The topological polar surface area (TPSA) is 26.3 Å². The molecule has 0 bridgehead atoms. The monoisotopic (exact) mass is 222 g/mol. The molecule has 0 aliphatic carbocycles. The van der Waals surface area contributed by atoms with Crippen LogP contribution in [-0.2, 0) is 6.32 Å². The van der Waals surface area contributed by atoms with Gasteiger partial charge in [0.1, 0.15) is 5.75 Å². The molecule has 0 aliphatic rings. The SMILES string of the molecule is [B]Cc1ccccc1C(=O)Oc1ccccc1. The zero-order valence-electron chi connectivity index (χ0n) is 9.30. The lowest BCUT2D eigenvalue weighted by molar-refractivity contribution is 0.0734. The Morgan fingerprint density at radius 1 is 1.00 bits per heavy atom. The van der Waals surface area contributed by atoms with Crippen molar-refractivity contribution < 1.29 is 9.53 Å². The van der Waals surface area contributed by atoms with Crippen LogP contribution in [-0.4, -0.2) is 13.8 Å². The third-order valence-electron chi connectivity index (χ3n) is 2.41. The van der Waals surface area contributed by atoms with E-state index in [4.69, 9.17) is 12.6 Å². The summed E-state index contributed by atoms with van der Waals surface area (Å²) in [6, 6.07) is 16.2. The molecule has 0 unspecified atom stereocenters. The zero-order chi connectivity index (χ0) is 12.1. The molecule has 0 atom stereocenters. The molecular formula is C14H11BO2. The zero-order valence-corrected chi connectivity index (χ0v) is 9.30. The number of carbonyl (C=O) groups is 1. The van der Waals surface area contributed by atoms with E-state index in [1.807, 2.05) is 30.3 Å². The van der Waals surface area contributed by atoms with Crippen molar-refractivity contribution >= 4 is 13.8 Å². The Morgan fingerprint density at radius 3 is 2.35 bits per heavy atom. The highest BCUT2D eigenvalue weighted by molar-refractivity contribution is 6.09. The second-order valence-electron chi connectivity index (χ2n) is 3.56. The molecular weight excluding hydrogens is 211 g/mol. The van der Waals surface area contributed by atoms with Crippen molar-refractivity contribution in [3.05, 3.63) is 65.7 Å². The number of ether oxygens (including phenoxy) is 1. The van der Waals surface area contributed by atoms with Crippen LogP contribution in [0.3, 0.4) is 0 Å². The first-order valence-corrected chi connectivity index (χ1v) is 5.36. The average Bonchev–Trinajstić information content (AvgIpc) is 2.40. The van der Waals surface area contributed by atoms with Crippen molar-refractivity contribution in [2.75, 3.05) is 0 Å². The molecule has 0 saturated heterocycles. The fraction of sp³-hybridized carbons (Fsp3) is 0.0714. The van der Waals surface area contributed by atoms with E-state index in [0.717, 1.165) is 5.56 Å². The third kappa shape index (κ3) is 2.75. The lowest BCUT2D eigenvalue weighted by atomic mass is 9.93. The first-order valence-electron chi connectivity index (χ1n) is 5.36. The number of hydrogen-bond donors (Lipinski definition) is 0. The molecule has 2 nitrogen and oxygen atoms in total. The van der Waals surface area contributed by atoms with Crippen LogP contribution in [0.1, 0.15) is 15.9 Å². The minimum Gasteiger partial charge on any atom is -0.423 e. The molecule has 0 aliphatic heterocycles. The van der Waals surface area contributed by atoms with E-state index in [1.54, 1.807) is 24.3 Å². The lowest BCUT2D eigenvalue weighted by Gasteiger charge is -2.07. The summed E-state index contributed by atoms with van der Waals surface area (Å²) in [6.45, 7) is 0. The molecule has 3 heteroatoms. The van der Waals surface area contributed by atoms with Gasteiger partial charge >= 0.3 is 5.97 Å². The second-order valence-corrected chi connectivity index (χ2v) is 3.56. The molecule has 2 aromatic carbocycles. The largest absolute Gasteiger partial charge is 0.423 e. The van der Waals surface area contributed by atoms with Crippen molar-refractivity contribution in [3.63, 3.8) is 0 Å². The summed E-state index contributed by atoms with van der Waals surface area (Å²) in [7, 11) is 5.57. The molecule has 0 N–H and O–H groups in total. The number of para-hydroxylation sites is 1. The summed E-state index contributed by atoms with van der Waals surface area (Å²) in [5.41, 5.74) is 1.30. The van der Waals surface area contributed by atoms with Crippen molar-refractivity contribution in [2.24, 2.45) is 0 Å². The summed E-state index contributed by atoms with van der Waals surface area (Å²) in [5.74, 6) is 0.154. The Labute approximate surface area is 102 Å². The smallest absolute Gasteiger partial charge is 0.343 e. The minimum atomic E-state index is -0.378. The molecule has 0 saturated carbocycles. The Bertz CT molecular complexity index is 509. The summed E-state index contributed by atoms with van der Waals surface area (Å²) in [5, 5.41) is 0. The number of carbonyl (C=O) groups excluding carboxylic acids is 1. The van der Waals surface area contributed by atoms with E-state index in [-0.39, 0.29) is 5.97 Å². The van der Waals surface area contributed by atoms with Crippen LogP contribution < -0.4 is 4.74 Å². The van der Waals surface area contributed by atoms with Gasteiger partial charge in [-0.2, -0.15) is 0 Å². The number of esters is 1. The first kappa shape index (κ1) is 11.5. The molecule has 0 amide bonds. The second kappa shape index (κ2) is 5.35. The number of benzene rings is 2. The van der Waals surface area contributed by atoms with Gasteiger partial charge in [-0.15, -0.1) is 0 Å². The van der Waals surface area contributed by atoms with E-state index < -0.39 is 0 Å². The molecule has 0 spiro atoms. The average molecular weight is 222 g/mol. The van der Waals surface area contributed by atoms with E-state index in [0.29, 0.717) is 17.6 Å². The normalized spacial score (nSPS) is 9.88. The Balaban J connectivity index is 2.20. The van der Waals surface area contributed by atoms with Crippen LogP contribution in [0.15, 0.2) is 54.6 Å². The van der Waals surface area contributed by atoms with Crippen LogP contribution >= 0.6 is 0 Å². The van der Waals surface area contributed by atoms with Crippen molar-refractivity contribution in [1.82, 2.24) is 0 Å². The first-order chi connectivity index (χ1) is 8.31. The van der Waals surface area contributed by atoms with Gasteiger partial charge in [-0.05, 0) is 23.8 Å². The molecule has 2 aromatic rings. The fourth-order valence-electron chi connectivity index (χ4n) is 1.55. The van der Waals surface area contributed by atoms with Crippen molar-refractivity contribution in [2.45, 2.75) is 6.32 Å².